The van der Waals surface area contributed by atoms with Crippen molar-refractivity contribution in [2.24, 2.45) is 0 Å². The lowest BCUT2D eigenvalue weighted by Gasteiger charge is -2.22. The molecule has 0 fully saturated rings. The van der Waals surface area contributed by atoms with Gasteiger partial charge in [0.1, 0.15) is 5.82 Å². The Morgan fingerprint density at radius 3 is 2.68 bits per heavy atom. The van der Waals surface area contributed by atoms with Crippen molar-refractivity contribution in [2.75, 3.05) is 29.9 Å². The van der Waals surface area contributed by atoms with Crippen LogP contribution in [-0.4, -0.2) is 34.6 Å². The molecule has 0 bridgehead atoms. The number of rotatable bonds is 9. The summed E-state index contributed by atoms with van der Waals surface area (Å²) in [6, 6.07) is 10.4. The average molecular weight is 337 g/mol. The molecule has 0 spiro atoms. The van der Waals surface area contributed by atoms with E-state index in [0.717, 1.165) is 44.7 Å². The Morgan fingerprint density at radius 2 is 1.88 bits per heavy atom. The lowest BCUT2D eigenvalue weighted by Crippen LogP contribution is -2.26. The van der Waals surface area contributed by atoms with E-state index >= 15 is 0 Å². The summed E-state index contributed by atoms with van der Waals surface area (Å²) < 4.78 is 0. The average Bonchev–Trinajstić information content (AvgIpc) is 3.05. The summed E-state index contributed by atoms with van der Waals surface area (Å²) in [5, 5.41) is 4.65. The van der Waals surface area contributed by atoms with Gasteiger partial charge in [0.15, 0.2) is 0 Å². The third-order valence-corrected chi connectivity index (χ3v) is 4.30. The molecule has 3 aromatic rings. The molecule has 0 saturated carbocycles. The van der Waals surface area contributed by atoms with Crippen LogP contribution in [0.1, 0.15) is 32.3 Å². The number of H-pyrrole nitrogens is 1. The van der Waals surface area contributed by atoms with Crippen LogP contribution < -0.4 is 10.2 Å². The molecule has 2 N–H and O–H groups in total. The molecule has 25 heavy (non-hydrogen) atoms. The van der Waals surface area contributed by atoms with Crippen molar-refractivity contribution in [1.29, 1.82) is 0 Å². The number of fused-ring (bicyclic) bond motifs is 1. The lowest BCUT2D eigenvalue weighted by atomic mass is 10.1. The van der Waals surface area contributed by atoms with Crippen LogP contribution >= 0.6 is 0 Å². The maximum absolute atomic E-state index is 4.69. The Kier molecular flexibility index (Phi) is 5.88. The highest BCUT2D eigenvalue weighted by atomic mass is 15.2. The van der Waals surface area contributed by atoms with Gasteiger partial charge in [0, 0.05) is 42.9 Å². The van der Waals surface area contributed by atoms with Crippen molar-refractivity contribution in [2.45, 2.75) is 33.1 Å². The van der Waals surface area contributed by atoms with E-state index in [4.69, 9.17) is 0 Å². The van der Waals surface area contributed by atoms with Gasteiger partial charge in [-0.25, -0.2) is 4.98 Å². The van der Waals surface area contributed by atoms with E-state index in [1.165, 1.54) is 16.5 Å². The molecule has 2 heterocycles. The first-order valence-corrected chi connectivity index (χ1v) is 9.18. The zero-order chi connectivity index (χ0) is 17.5. The van der Waals surface area contributed by atoms with Gasteiger partial charge in [-0.1, -0.05) is 32.0 Å². The molecule has 0 saturated heterocycles. The van der Waals surface area contributed by atoms with Gasteiger partial charge >= 0.3 is 0 Å². The molecule has 3 rings (SSSR count). The van der Waals surface area contributed by atoms with Gasteiger partial charge in [0.05, 0.1) is 0 Å². The van der Waals surface area contributed by atoms with E-state index in [0.29, 0.717) is 5.95 Å². The van der Waals surface area contributed by atoms with E-state index in [1.807, 2.05) is 12.3 Å². The molecule has 0 amide bonds. The first-order valence-electron chi connectivity index (χ1n) is 9.18. The molecule has 0 radical (unpaired) electrons. The maximum Gasteiger partial charge on any atom is 0.224 e. The summed E-state index contributed by atoms with van der Waals surface area (Å²) in [5.74, 6) is 1.71. The van der Waals surface area contributed by atoms with E-state index in [1.54, 1.807) is 0 Å². The Labute approximate surface area is 149 Å². The van der Waals surface area contributed by atoms with Crippen LogP contribution in [0.5, 0.6) is 0 Å². The fraction of sp³-hybridized carbons (Fsp3) is 0.400. The highest BCUT2D eigenvalue weighted by Gasteiger charge is 2.08. The molecular weight excluding hydrogens is 310 g/mol. The Bertz CT molecular complexity index is 789. The summed E-state index contributed by atoms with van der Waals surface area (Å²) in [5.41, 5.74) is 2.50. The van der Waals surface area contributed by atoms with E-state index in [-0.39, 0.29) is 0 Å². The molecular formula is C20H27N5. The summed E-state index contributed by atoms with van der Waals surface area (Å²) in [6.07, 6.45) is 7.11. The largest absolute Gasteiger partial charge is 0.361 e. The molecule has 0 aliphatic heterocycles. The molecule has 0 aliphatic rings. The number of nitrogens with one attached hydrogen (secondary N) is 2. The predicted molar refractivity (Wildman–Crippen MR) is 105 cm³/mol. The highest BCUT2D eigenvalue weighted by Crippen LogP contribution is 2.18. The topological polar surface area (TPSA) is 56.8 Å². The zero-order valence-corrected chi connectivity index (χ0v) is 15.1. The van der Waals surface area contributed by atoms with Crippen LogP contribution in [0.4, 0.5) is 11.8 Å². The minimum absolute atomic E-state index is 0.703. The molecule has 5 heteroatoms. The van der Waals surface area contributed by atoms with Crippen molar-refractivity contribution in [3.63, 3.8) is 0 Å². The second kappa shape index (κ2) is 8.51. The molecule has 0 aliphatic carbocycles. The third kappa shape index (κ3) is 4.29. The van der Waals surface area contributed by atoms with Gasteiger partial charge in [-0.05, 0) is 37.0 Å². The summed E-state index contributed by atoms with van der Waals surface area (Å²) in [6.45, 7) is 7.26. The summed E-state index contributed by atoms with van der Waals surface area (Å²) in [7, 11) is 0. The molecule has 0 atom stereocenters. The van der Waals surface area contributed by atoms with E-state index in [2.05, 4.69) is 69.5 Å². The zero-order valence-electron chi connectivity index (χ0n) is 15.1. The van der Waals surface area contributed by atoms with Crippen LogP contribution in [0.15, 0.2) is 42.7 Å². The SMILES string of the molecule is CCCN(CCC)c1ccnc(NCCc2c[nH]c3ccccc23)n1. The fourth-order valence-corrected chi connectivity index (χ4v) is 3.14. The number of benzene rings is 1. The van der Waals surface area contributed by atoms with Gasteiger partial charge < -0.3 is 15.2 Å². The predicted octanol–water partition coefficient (Wildman–Crippen LogP) is 4.24. The van der Waals surface area contributed by atoms with Crippen molar-refractivity contribution in [3.05, 3.63) is 48.3 Å². The number of aromatic amines is 1. The van der Waals surface area contributed by atoms with Gasteiger partial charge in [0.25, 0.3) is 0 Å². The molecule has 5 nitrogen and oxygen atoms in total. The van der Waals surface area contributed by atoms with Gasteiger partial charge in [-0.3, -0.25) is 0 Å². The third-order valence-electron chi connectivity index (χ3n) is 4.30. The number of hydrogen-bond acceptors (Lipinski definition) is 4. The first-order chi connectivity index (χ1) is 12.3. The van der Waals surface area contributed by atoms with Crippen LogP contribution in [0, 0.1) is 0 Å². The fourth-order valence-electron chi connectivity index (χ4n) is 3.14. The minimum atomic E-state index is 0.703. The standard InChI is InChI=1S/C20H27N5/c1-3-13-25(14-4-2)19-10-12-22-20(24-19)21-11-9-16-15-23-18-8-6-5-7-17(16)18/h5-8,10,12,15,23H,3-4,9,11,13-14H2,1-2H3,(H,21,22,24). The van der Waals surface area contributed by atoms with Crippen molar-refractivity contribution < 1.29 is 0 Å². The Hall–Kier alpha value is -2.56. The van der Waals surface area contributed by atoms with Crippen LogP contribution in [0.25, 0.3) is 10.9 Å². The van der Waals surface area contributed by atoms with E-state index in [9.17, 15) is 0 Å². The van der Waals surface area contributed by atoms with Gasteiger partial charge in [-0.15, -0.1) is 0 Å². The highest BCUT2D eigenvalue weighted by molar-refractivity contribution is 5.83. The van der Waals surface area contributed by atoms with Crippen LogP contribution in [0.3, 0.4) is 0 Å². The second-order valence-corrected chi connectivity index (χ2v) is 6.26. The van der Waals surface area contributed by atoms with Gasteiger partial charge in [-0.2, -0.15) is 4.98 Å². The quantitative estimate of drug-likeness (QED) is 0.613. The maximum atomic E-state index is 4.69. The van der Waals surface area contributed by atoms with Crippen molar-refractivity contribution in [3.8, 4) is 0 Å². The summed E-state index contributed by atoms with van der Waals surface area (Å²) >= 11 is 0. The number of aromatic nitrogens is 3. The summed E-state index contributed by atoms with van der Waals surface area (Å²) in [4.78, 5) is 14.7. The van der Waals surface area contributed by atoms with Gasteiger partial charge in [0.2, 0.25) is 5.95 Å². The number of hydrogen-bond donors (Lipinski definition) is 2. The van der Waals surface area contributed by atoms with Crippen LogP contribution in [-0.2, 0) is 6.42 Å². The van der Waals surface area contributed by atoms with E-state index < -0.39 is 0 Å². The molecule has 132 valence electrons. The minimum Gasteiger partial charge on any atom is -0.361 e. The number of para-hydroxylation sites is 1. The van der Waals surface area contributed by atoms with Crippen molar-refractivity contribution >= 4 is 22.7 Å². The Balaban J connectivity index is 1.62. The molecule has 1 aromatic carbocycles. The second-order valence-electron chi connectivity index (χ2n) is 6.26. The molecule has 2 aromatic heterocycles. The number of nitrogens with zero attached hydrogens (tertiary/aromatic N) is 3. The van der Waals surface area contributed by atoms with Crippen molar-refractivity contribution in [1.82, 2.24) is 15.0 Å². The molecule has 0 unspecified atom stereocenters. The first kappa shape index (κ1) is 17.3. The lowest BCUT2D eigenvalue weighted by molar-refractivity contribution is 0.733. The normalized spacial score (nSPS) is 11.0. The van der Waals surface area contributed by atoms with Crippen LogP contribution in [0.2, 0.25) is 0 Å². The monoisotopic (exact) mass is 337 g/mol. The number of anilines is 2. The smallest absolute Gasteiger partial charge is 0.224 e. The Morgan fingerprint density at radius 1 is 1.08 bits per heavy atom.